The highest BCUT2D eigenvalue weighted by Gasteiger charge is 2.16. The van der Waals surface area contributed by atoms with E-state index in [1.165, 1.54) is 24.5 Å². The number of para-hydroxylation sites is 1. The van der Waals surface area contributed by atoms with E-state index in [1.54, 1.807) is 35.1 Å². The number of rotatable bonds is 9. The first-order valence-corrected chi connectivity index (χ1v) is 12.1. The highest BCUT2D eigenvalue weighted by molar-refractivity contribution is 6.02. The summed E-state index contributed by atoms with van der Waals surface area (Å²) in [6.45, 7) is 0.428. The minimum absolute atomic E-state index is 0.0702. The number of aromatic nitrogens is 2. The van der Waals surface area contributed by atoms with Gasteiger partial charge in [0.1, 0.15) is 41.3 Å². The maximum atomic E-state index is 13.2. The number of carbonyl (C=O) groups excluding carboxylic acids is 1. The van der Waals surface area contributed by atoms with Gasteiger partial charge in [-0.05, 0) is 60.2 Å². The molecule has 7 nitrogen and oxygen atoms in total. The van der Waals surface area contributed by atoms with Gasteiger partial charge < -0.3 is 14.5 Å². The smallest absolute Gasteiger partial charge is 0.262 e. The summed E-state index contributed by atoms with van der Waals surface area (Å²) in [6.07, 6.45) is 4.81. The van der Waals surface area contributed by atoms with Crippen molar-refractivity contribution in [1.82, 2.24) is 15.1 Å². The topological polar surface area (TPSA) is 93.1 Å². The van der Waals surface area contributed by atoms with Gasteiger partial charge in [0.15, 0.2) is 0 Å². The molecule has 0 atom stereocenters. The van der Waals surface area contributed by atoms with Crippen molar-refractivity contribution in [3.63, 3.8) is 0 Å². The third kappa shape index (κ3) is 6.29. The third-order valence-corrected chi connectivity index (χ3v) is 5.86. The molecule has 2 aromatic heterocycles. The van der Waals surface area contributed by atoms with Crippen LogP contribution < -0.4 is 10.1 Å². The number of halogens is 1. The lowest BCUT2D eigenvalue weighted by atomic mass is 10.1. The average molecular weight is 519 g/mol. The Morgan fingerprint density at radius 1 is 1.05 bits per heavy atom. The van der Waals surface area contributed by atoms with E-state index in [0.29, 0.717) is 22.8 Å². The number of benzene rings is 3. The van der Waals surface area contributed by atoms with E-state index < -0.39 is 5.91 Å². The van der Waals surface area contributed by atoms with E-state index in [1.807, 2.05) is 60.7 Å². The first kappa shape index (κ1) is 25.2. The quantitative estimate of drug-likeness (QED) is 0.189. The minimum Gasteiger partial charge on any atom is -0.489 e. The predicted octanol–water partition coefficient (Wildman–Crippen LogP) is 6.07. The summed E-state index contributed by atoms with van der Waals surface area (Å²) in [4.78, 5) is 12.8. The molecule has 0 fully saturated rings. The molecule has 5 rings (SSSR count). The minimum atomic E-state index is -0.524. The molecule has 0 radical (unpaired) electrons. The fourth-order valence-corrected chi connectivity index (χ4v) is 3.89. The normalized spacial score (nSPS) is 11.1. The summed E-state index contributed by atoms with van der Waals surface area (Å²) in [6, 6.07) is 28.5. The van der Waals surface area contributed by atoms with Crippen LogP contribution in [-0.4, -0.2) is 15.7 Å². The van der Waals surface area contributed by atoms with Crippen LogP contribution in [0, 0.1) is 17.1 Å². The summed E-state index contributed by atoms with van der Waals surface area (Å²) in [5.41, 5.74) is 3.47. The molecule has 1 N–H and O–H groups in total. The van der Waals surface area contributed by atoms with Gasteiger partial charge >= 0.3 is 0 Å². The fraction of sp³-hybridized carbons (Fsp3) is 0.0645. The monoisotopic (exact) mass is 518 g/mol. The molecule has 1 amide bonds. The van der Waals surface area contributed by atoms with Crippen LogP contribution in [0.25, 0.3) is 23.0 Å². The molecule has 2 heterocycles. The molecule has 0 aliphatic rings. The van der Waals surface area contributed by atoms with E-state index in [9.17, 15) is 14.4 Å². The second kappa shape index (κ2) is 11.8. The number of nitrogens with one attached hydrogen (secondary N) is 1. The van der Waals surface area contributed by atoms with Gasteiger partial charge in [0, 0.05) is 17.3 Å². The molecule has 0 unspecified atom stereocenters. The molecule has 5 aromatic rings. The first-order valence-electron chi connectivity index (χ1n) is 12.1. The second-order valence-corrected chi connectivity index (χ2v) is 8.59. The van der Waals surface area contributed by atoms with Crippen LogP contribution in [-0.2, 0) is 17.9 Å². The number of nitrogens with zero attached hydrogens (tertiary/aromatic N) is 3. The van der Waals surface area contributed by atoms with Gasteiger partial charge in [-0.25, -0.2) is 9.07 Å². The van der Waals surface area contributed by atoms with Gasteiger partial charge in [0.2, 0.25) is 0 Å². The second-order valence-electron chi connectivity index (χ2n) is 8.59. The number of hydrogen-bond acceptors (Lipinski definition) is 5. The molecule has 39 heavy (non-hydrogen) atoms. The molecule has 0 bridgehead atoms. The van der Waals surface area contributed by atoms with Crippen molar-refractivity contribution in [2.24, 2.45) is 0 Å². The van der Waals surface area contributed by atoms with Crippen LogP contribution in [0.4, 0.5) is 4.39 Å². The lowest BCUT2D eigenvalue weighted by Crippen LogP contribution is -2.23. The van der Waals surface area contributed by atoms with Crippen LogP contribution in [0.3, 0.4) is 0 Å². The summed E-state index contributed by atoms with van der Waals surface area (Å²) in [5.74, 6) is 0.346. The Morgan fingerprint density at radius 3 is 2.62 bits per heavy atom. The highest BCUT2D eigenvalue weighted by Crippen LogP contribution is 2.29. The van der Waals surface area contributed by atoms with Crippen LogP contribution in [0.15, 0.2) is 113 Å². The third-order valence-electron chi connectivity index (χ3n) is 5.86. The van der Waals surface area contributed by atoms with E-state index in [0.717, 1.165) is 16.8 Å². The van der Waals surface area contributed by atoms with Crippen LogP contribution >= 0.6 is 0 Å². The van der Waals surface area contributed by atoms with Crippen molar-refractivity contribution in [2.45, 2.75) is 13.2 Å². The van der Waals surface area contributed by atoms with E-state index >= 15 is 0 Å². The standard InChI is InChI=1S/C31H23FN4O3/c32-26-13-11-22(12-14-26)21-39-28-9-4-6-23(17-28)30-25(20-36(35-30)27-7-2-1-3-8-27)16-24(18-33)31(37)34-19-29-10-5-15-38-29/h1-17,20H,19,21H2,(H,34,37). The van der Waals surface area contributed by atoms with Crippen molar-refractivity contribution in [3.8, 4) is 28.8 Å². The van der Waals surface area contributed by atoms with Crippen molar-refractivity contribution >= 4 is 12.0 Å². The summed E-state index contributed by atoms with van der Waals surface area (Å²) < 4.78 is 26.1. The molecule has 0 saturated carbocycles. The Labute approximate surface area is 224 Å². The van der Waals surface area contributed by atoms with Gasteiger partial charge in [0.25, 0.3) is 5.91 Å². The van der Waals surface area contributed by atoms with Gasteiger partial charge in [-0.2, -0.15) is 10.4 Å². The molecule has 0 spiro atoms. The maximum absolute atomic E-state index is 13.2. The zero-order valence-electron chi connectivity index (χ0n) is 20.8. The average Bonchev–Trinajstić information content (AvgIpc) is 3.65. The molecule has 8 heteroatoms. The maximum Gasteiger partial charge on any atom is 0.262 e. The molecule has 0 aliphatic carbocycles. The molecular formula is C31H23FN4O3. The summed E-state index contributed by atoms with van der Waals surface area (Å²) in [7, 11) is 0. The zero-order valence-corrected chi connectivity index (χ0v) is 20.8. The number of nitriles is 1. The molecule has 0 saturated heterocycles. The first-order chi connectivity index (χ1) is 19.1. The Kier molecular flexibility index (Phi) is 7.61. The number of ether oxygens (including phenoxy) is 1. The molecule has 192 valence electrons. The SMILES string of the molecule is N#CC(=Cc1cn(-c2ccccc2)nc1-c1cccc(OCc2ccc(F)cc2)c1)C(=O)NCc1ccco1. The summed E-state index contributed by atoms with van der Waals surface area (Å²) >= 11 is 0. The predicted molar refractivity (Wildman–Crippen MR) is 144 cm³/mol. The highest BCUT2D eigenvalue weighted by atomic mass is 19.1. The lowest BCUT2D eigenvalue weighted by molar-refractivity contribution is -0.117. The van der Waals surface area contributed by atoms with Crippen LogP contribution in [0.2, 0.25) is 0 Å². The zero-order chi connectivity index (χ0) is 27.0. The number of amides is 1. The van der Waals surface area contributed by atoms with Crippen LogP contribution in [0.1, 0.15) is 16.9 Å². The number of carbonyl (C=O) groups is 1. The van der Waals surface area contributed by atoms with E-state index in [4.69, 9.17) is 14.3 Å². The summed E-state index contributed by atoms with van der Waals surface area (Å²) in [5, 5.41) is 17.2. The van der Waals surface area contributed by atoms with Gasteiger partial charge in [0.05, 0.1) is 18.5 Å². The largest absolute Gasteiger partial charge is 0.489 e. The van der Waals surface area contributed by atoms with Crippen molar-refractivity contribution in [1.29, 1.82) is 5.26 Å². The Bertz CT molecular complexity index is 1630. The molecular weight excluding hydrogens is 495 g/mol. The van der Waals surface area contributed by atoms with E-state index in [2.05, 4.69) is 5.32 Å². The van der Waals surface area contributed by atoms with E-state index in [-0.39, 0.29) is 24.5 Å². The number of hydrogen-bond donors (Lipinski definition) is 1. The Balaban J connectivity index is 1.45. The lowest BCUT2D eigenvalue weighted by Gasteiger charge is -2.08. The number of furan rings is 1. The van der Waals surface area contributed by atoms with Gasteiger partial charge in [-0.15, -0.1) is 0 Å². The molecule has 3 aromatic carbocycles. The van der Waals surface area contributed by atoms with Crippen molar-refractivity contribution in [3.05, 3.63) is 132 Å². The Hall–Kier alpha value is -5.42. The molecule has 0 aliphatic heterocycles. The Morgan fingerprint density at radius 2 is 1.87 bits per heavy atom. The van der Waals surface area contributed by atoms with Crippen LogP contribution in [0.5, 0.6) is 5.75 Å². The van der Waals surface area contributed by atoms with Gasteiger partial charge in [-0.3, -0.25) is 4.79 Å². The van der Waals surface area contributed by atoms with Crippen molar-refractivity contribution in [2.75, 3.05) is 0 Å². The van der Waals surface area contributed by atoms with Crippen molar-refractivity contribution < 1.29 is 18.3 Å². The fourth-order valence-electron chi connectivity index (χ4n) is 3.89. The van der Waals surface area contributed by atoms with Gasteiger partial charge in [-0.1, -0.05) is 42.5 Å².